The van der Waals surface area contributed by atoms with E-state index in [0.717, 1.165) is 16.9 Å². The van der Waals surface area contributed by atoms with Crippen molar-refractivity contribution in [2.24, 2.45) is 5.92 Å². The van der Waals surface area contributed by atoms with Gasteiger partial charge < -0.3 is 15.0 Å². The number of benzene rings is 1. The van der Waals surface area contributed by atoms with Crippen LogP contribution in [0.3, 0.4) is 0 Å². The molecular formula is C19H20F3N3O4. The van der Waals surface area contributed by atoms with E-state index in [2.05, 4.69) is 5.32 Å². The molecule has 7 nitrogen and oxygen atoms in total. The molecule has 1 aromatic rings. The van der Waals surface area contributed by atoms with Gasteiger partial charge in [-0.1, -0.05) is 12.1 Å². The second kappa shape index (κ2) is 6.64. The van der Waals surface area contributed by atoms with Gasteiger partial charge in [0.15, 0.2) is 0 Å². The summed E-state index contributed by atoms with van der Waals surface area (Å²) in [4.78, 5) is 36.9. The number of amides is 3. The third-order valence-corrected chi connectivity index (χ3v) is 5.88. The fourth-order valence-corrected chi connectivity index (χ4v) is 4.33. The Morgan fingerprint density at radius 3 is 2.55 bits per heavy atom. The van der Waals surface area contributed by atoms with Gasteiger partial charge in [-0.2, -0.15) is 13.2 Å². The standard InChI is InChI=1S/C19H20F3N3O4/c1-11(26)23-7-15-9-25(17(28)29-15)14-4-2-12(3-5-14)18-6-13(18)8-24(10-18)16(27)19(20,21)22/h2-5,13,15H,6-10H2,1H3,(H,23,26)/t13?,15-,18?/m0/s1. The van der Waals surface area contributed by atoms with Crippen LogP contribution >= 0.6 is 0 Å². The first-order valence-electron chi connectivity index (χ1n) is 9.29. The lowest BCUT2D eigenvalue weighted by Gasteiger charge is -2.22. The van der Waals surface area contributed by atoms with Gasteiger partial charge in [0.05, 0.1) is 13.1 Å². The lowest BCUT2D eigenvalue weighted by molar-refractivity contribution is -0.184. The van der Waals surface area contributed by atoms with Crippen LogP contribution in [-0.2, 0) is 19.7 Å². The SMILES string of the molecule is CC(=O)NC[C@H]1CN(c2ccc(C34CC3CN(C(=O)C(F)(F)F)C4)cc2)C(=O)O1. The zero-order valence-corrected chi connectivity index (χ0v) is 15.7. The highest BCUT2D eigenvalue weighted by molar-refractivity contribution is 5.90. The zero-order valence-electron chi connectivity index (χ0n) is 15.7. The molecule has 3 amide bonds. The number of fused-ring (bicyclic) bond motifs is 1. The summed E-state index contributed by atoms with van der Waals surface area (Å²) in [7, 11) is 0. The number of rotatable bonds is 4. The molecule has 1 saturated carbocycles. The Morgan fingerprint density at radius 2 is 1.93 bits per heavy atom. The minimum Gasteiger partial charge on any atom is -0.442 e. The van der Waals surface area contributed by atoms with Crippen molar-refractivity contribution < 1.29 is 32.3 Å². The van der Waals surface area contributed by atoms with Gasteiger partial charge in [-0.15, -0.1) is 0 Å². The molecule has 0 spiro atoms. The fraction of sp³-hybridized carbons (Fsp3) is 0.526. The van der Waals surface area contributed by atoms with Crippen LogP contribution < -0.4 is 10.2 Å². The number of halogens is 3. The van der Waals surface area contributed by atoms with Crippen LogP contribution in [0.4, 0.5) is 23.7 Å². The van der Waals surface area contributed by atoms with Crippen molar-refractivity contribution in [3.8, 4) is 0 Å². The maximum atomic E-state index is 12.7. The van der Waals surface area contributed by atoms with E-state index in [-0.39, 0.29) is 31.5 Å². The van der Waals surface area contributed by atoms with Crippen LogP contribution in [-0.4, -0.2) is 61.3 Å². The Balaban J connectivity index is 1.42. The summed E-state index contributed by atoms with van der Waals surface area (Å²) < 4.78 is 43.3. The van der Waals surface area contributed by atoms with Gasteiger partial charge in [0, 0.05) is 31.1 Å². The molecule has 0 aromatic heterocycles. The number of nitrogens with one attached hydrogen (secondary N) is 1. The molecule has 3 fully saturated rings. The Labute approximate surface area is 164 Å². The van der Waals surface area contributed by atoms with Crippen molar-refractivity contribution in [3.63, 3.8) is 0 Å². The first-order chi connectivity index (χ1) is 13.6. The second-order valence-corrected chi connectivity index (χ2v) is 7.84. The Morgan fingerprint density at radius 1 is 1.24 bits per heavy atom. The molecule has 1 N–H and O–H groups in total. The van der Waals surface area contributed by atoms with E-state index in [0.29, 0.717) is 12.2 Å². The van der Waals surface area contributed by atoms with Crippen molar-refractivity contribution in [2.45, 2.75) is 31.0 Å². The molecule has 2 unspecified atom stereocenters. The third-order valence-electron chi connectivity index (χ3n) is 5.88. The van der Waals surface area contributed by atoms with E-state index in [1.807, 2.05) is 0 Å². The van der Waals surface area contributed by atoms with Gasteiger partial charge in [0.25, 0.3) is 0 Å². The molecule has 4 rings (SSSR count). The Kier molecular flexibility index (Phi) is 4.47. The van der Waals surface area contributed by atoms with Crippen LogP contribution in [0, 0.1) is 5.92 Å². The molecule has 10 heteroatoms. The van der Waals surface area contributed by atoms with E-state index in [9.17, 15) is 27.6 Å². The van der Waals surface area contributed by atoms with E-state index in [4.69, 9.17) is 4.74 Å². The van der Waals surface area contributed by atoms with Crippen LogP contribution in [0.25, 0.3) is 0 Å². The summed E-state index contributed by atoms with van der Waals surface area (Å²) >= 11 is 0. The highest BCUT2D eigenvalue weighted by Crippen LogP contribution is 2.59. The predicted molar refractivity (Wildman–Crippen MR) is 95.2 cm³/mol. The average molecular weight is 411 g/mol. The Bertz CT molecular complexity index is 857. The highest BCUT2D eigenvalue weighted by Gasteiger charge is 2.63. The van der Waals surface area contributed by atoms with E-state index in [1.54, 1.807) is 24.3 Å². The van der Waals surface area contributed by atoms with Gasteiger partial charge in [-0.3, -0.25) is 14.5 Å². The number of alkyl halides is 3. The molecule has 156 valence electrons. The van der Waals surface area contributed by atoms with E-state index < -0.39 is 29.7 Å². The fourth-order valence-electron chi connectivity index (χ4n) is 4.33. The molecule has 29 heavy (non-hydrogen) atoms. The van der Waals surface area contributed by atoms with E-state index >= 15 is 0 Å². The highest BCUT2D eigenvalue weighted by atomic mass is 19.4. The maximum absolute atomic E-state index is 12.7. The van der Waals surface area contributed by atoms with Crippen LogP contribution in [0.15, 0.2) is 24.3 Å². The minimum absolute atomic E-state index is 0.0263. The largest absolute Gasteiger partial charge is 0.471 e. The molecule has 3 atom stereocenters. The Hall–Kier alpha value is -2.78. The monoisotopic (exact) mass is 411 g/mol. The average Bonchev–Trinajstić information content (AvgIpc) is 3.03. The first kappa shape index (κ1) is 19.5. The number of nitrogens with zero attached hydrogens (tertiary/aromatic N) is 2. The number of carbonyl (C=O) groups excluding carboxylic acids is 3. The van der Waals surface area contributed by atoms with Gasteiger partial charge in [-0.05, 0) is 30.0 Å². The van der Waals surface area contributed by atoms with Crippen LogP contribution in [0.5, 0.6) is 0 Å². The maximum Gasteiger partial charge on any atom is 0.471 e. The van der Waals surface area contributed by atoms with Gasteiger partial charge in [0.1, 0.15) is 6.10 Å². The summed E-state index contributed by atoms with van der Waals surface area (Å²) in [6.45, 7) is 2.07. The van der Waals surface area contributed by atoms with Crippen molar-refractivity contribution in [1.29, 1.82) is 0 Å². The molecule has 2 saturated heterocycles. The number of piperidine rings is 1. The molecule has 1 aliphatic carbocycles. The second-order valence-electron chi connectivity index (χ2n) is 7.84. The number of likely N-dealkylation sites (tertiary alicyclic amines) is 1. The molecule has 0 bridgehead atoms. The molecule has 0 radical (unpaired) electrons. The quantitative estimate of drug-likeness (QED) is 0.820. The smallest absolute Gasteiger partial charge is 0.442 e. The molecular weight excluding hydrogens is 391 g/mol. The summed E-state index contributed by atoms with van der Waals surface area (Å²) in [5.41, 5.74) is 1.05. The van der Waals surface area contributed by atoms with Gasteiger partial charge in [-0.25, -0.2) is 4.79 Å². The van der Waals surface area contributed by atoms with Crippen LogP contribution in [0.2, 0.25) is 0 Å². The number of cyclic esters (lactones) is 1. The summed E-state index contributed by atoms with van der Waals surface area (Å²) in [5, 5.41) is 2.61. The number of anilines is 1. The van der Waals surface area contributed by atoms with Crippen molar-refractivity contribution in [2.75, 3.05) is 31.1 Å². The molecule has 3 aliphatic rings. The summed E-state index contributed by atoms with van der Waals surface area (Å²) in [6, 6.07) is 7.06. The predicted octanol–water partition coefficient (Wildman–Crippen LogP) is 1.81. The lowest BCUT2D eigenvalue weighted by Crippen LogP contribution is -2.41. The zero-order chi connectivity index (χ0) is 21.0. The summed E-state index contributed by atoms with van der Waals surface area (Å²) in [5.74, 6) is -1.97. The number of carbonyl (C=O) groups is 3. The van der Waals surface area contributed by atoms with Crippen molar-refractivity contribution in [3.05, 3.63) is 29.8 Å². The minimum atomic E-state index is -4.86. The lowest BCUT2D eigenvalue weighted by atomic mass is 9.94. The van der Waals surface area contributed by atoms with Gasteiger partial charge in [0.2, 0.25) is 5.91 Å². The van der Waals surface area contributed by atoms with Crippen molar-refractivity contribution >= 4 is 23.6 Å². The number of hydrogen-bond donors (Lipinski definition) is 1. The molecule has 2 heterocycles. The third kappa shape index (κ3) is 3.51. The summed E-state index contributed by atoms with van der Waals surface area (Å²) in [6.07, 6.45) is -5.07. The van der Waals surface area contributed by atoms with Gasteiger partial charge >= 0.3 is 18.2 Å². The topological polar surface area (TPSA) is 79.0 Å². The van der Waals surface area contributed by atoms with Crippen LogP contribution in [0.1, 0.15) is 18.9 Å². The number of ether oxygens (including phenoxy) is 1. The normalized spacial score (nSPS) is 28.2. The molecule has 1 aromatic carbocycles. The molecule has 2 aliphatic heterocycles. The first-order valence-corrected chi connectivity index (χ1v) is 9.29. The van der Waals surface area contributed by atoms with E-state index in [1.165, 1.54) is 11.8 Å². The van der Waals surface area contributed by atoms with Crippen molar-refractivity contribution in [1.82, 2.24) is 10.2 Å². The number of hydrogen-bond acceptors (Lipinski definition) is 4.